The van der Waals surface area contributed by atoms with E-state index >= 15 is 4.39 Å². The zero-order chi connectivity index (χ0) is 26.9. The van der Waals surface area contributed by atoms with E-state index in [1.54, 1.807) is 20.8 Å². The molecule has 0 saturated heterocycles. The normalized spacial score (nSPS) is 22.1. The predicted octanol–water partition coefficient (Wildman–Crippen LogP) is 5.78. The third kappa shape index (κ3) is 5.99. The number of hydrogen-bond acceptors (Lipinski definition) is 5. The van der Waals surface area contributed by atoms with Gasteiger partial charge in [0.1, 0.15) is 16.8 Å². The first-order chi connectivity index (χ1) is 16.6. The molecule has 36 heavy (non-hydrogen) atoms. The van der Waals surface area contributed by atoms with Crippen LogP contribution in [-0.4, -0.2) is 37.1 Å². The average Bonchev–Trinajstić information content (AvgIpc) is 3.29. The maximum atomic E-state index is 15.7. The second kappa shape index (κ2) is 10.2. The standard InChI is InChI=1S/C25H29F4NO4S2/c1-23(2,3)36(33,34)20-9-12-35-21(20)22(32)30-19-7-10-24(26,11-8-19)18(15-31)14-16-5-4-6-17(13-16)25(27,28)29/h4-6,9,12-13,15,18-19H,7-8,10-11,14H2,1-3H3,(H,30,32)/t18-,19?,24?/m1/s1. The minimum absolute atomic E-state index is 0.0461. The van der Waals surface area contributed by atoms with Crippen LogP contribution in [0.4, 0.5) is 17.6 Å². The Bertz CT molecular complexity index is 1210. The highest BCUT2D eigenvalue weighted by Gasteiger charge is 2.43. The van der Waals surface area contributed by atoms with Crippen LogP contribution in [0.3, 0.4) is 0 Å². The summed E-state index contributed by atoms with van der Waals surface area (Å²) in [6.07, 6.45) is -3.94. The Hall–Kier alpha value is -2.27. The Balaban J connectivity index is 1.66. The summed E-state index contributed by atoms with van der Waals surface area (Å²) in [5.41, 5.74) is -2.55. The van der Waals surface area contributed by atoms with Gasteiger partial charge in [0.05, 0.1) is 21.1 Å². The van der Waals surface area contributed by atoms with E-state index in [4.69, 9.17) is 0 Å². The van der Waals surface area contributed by atoms with Gasteiger partial charge in [-0.05, 0) is 76.0 Å². The maximum Gasteiger partial charge on any atom is 0.416 e. The number of halogens is 4. The summed E-state index contributed by atoms with van der Waals surface area (Å²) in [4.78, 5) is 24.6. The Labute approximate surface area is 212 Å². The summed E-state index contributed by atoms with van der Waals surface area (Å²) in [5.74, 6) is -1.68. The van der Waals surface area contributed by atoms with Crippen molar-refractivity contribution in [3.8, 4) is 0 Å². The molecule has 2 aromatic rings. The number of carbonyl (C=O) groups excluding carboxylic acids is 2. The van der Waals surface area contributed by atoms with Crippen molar-refractivity contribution in [1.82, 2.24) is 5.32 Å². The third-order valence-electron chi connectivity index (χ3n) is 6.62. The molecule has 1 aromatic carbocycles. The van der Waals surface area contributed by atoms with E-state index in [1.807, 2.05) is 0 Å². The lowest BCUT2D eigenvalue weighted by Crippen LogP contribution is -2.45. The Kier molecular flexibility index (Phi) is 8.05. The van der Waals surface area contributed by atoms with Crippen LogP contribution >= 0.6 is 11.3 Å². The second-order valence-electron chi connectivity index (χ2n) is 10.2. The first-order valence-electron chi connectivity index (χ1n) is 11.5. The van der Waals surface area contributed by atoms with Crippen LogP contribution < -0.4 is 5.32 Å². The largest absolute Gasteiger partial charge is 0.416 e. The average molecular weight is 548 g/mol. The molecule has 0 bridgehead atoms. The molecule has 0 aliphatic heterocycles. The summed E-state index contributed by atoms with van der Waals surface area (Å²) < 4.78 is 79.3. The minimum atomic E-state index is -4.54. The molecule has 0 radical (unpaired) electrons. The van der Waals surface area contributed by atoms with Gasteiger partial charge < -0.3 is 10.1 Å². The van der Waals surface area contributed by atoms with Gasteiger partial charge in [0, 0.05) is 6.04 Å². The van der Waals surface area contributed by atoms with Crippen LogP contribution in [0.25, 0.3) is 0 Å². The van der Waals surface area contributed by atoms with Gasteiger partial charge in [-0.1, -0.05) is 18.2 Å². The molecule has 198 valence electrons. The van der Waals surface area contributed by atoms with Crippen LogP contribution in [-0.2, 0) is 27.2 Å². The van der Waals surface area contributed by atoms with Gasteiger partial charge in [-0.2, -0.15) is 13.2 Å². The highest BCUT2D eigenvalue weighted by molar-refractivity contribution is 7.93. The van der Waals surface area contributed by atoms with Crippen molar-refractivity contribution < 1.29 is 35.6 Å². The zero-order valence-electron chi connectivity index (χ0n) is 20.2. The van der Waals surface area contributed by atoms with E-state index in [9.17, 15) is 31.2 Å². The van der Waals surface area contributed by atoms with Crippen molar-refractivity contribution in [2.75, 3.05) is 0 Å². The molecule has 5 nitrogen and oxygen atoms in total. The quantitative estimate of drug-likeness (QED) is 0.352. The lowest BCUT2D eigenvalue weighted by molar-refractivity contribution is -0.137. The SMILES string of the molecule is CC(C)(C)S(=O)(=O)c1ccsc1C(=O)NC1CCC(F)([C@@H](C=O)Cc2cccc(C(F)(F)F)c2)CC1. The van der Waals surface area contributed by atoms with Gasteiger partial charge >= 0.3 is 6.18 Å². The van der Waals surface area contributed by atoms with E-state index in [0.717, 1.165) is 23.5 Å². The fraction of sp³-hybridized carbons (Fsp3) is 0.520. The number of aldehydes is 1. The van der Waals surface area contributed by atoms with Crippen molar-refractivity contribution in [1.29, 1.82) is 0 Å². The molecule has 1 aliphatic rings. The molecule has 1 N–H and O–H groups in total. The number of benzene rings is 1. The molecule has 1 aromatic heterocycles. The monoisotopic (exact) mass is 547 g/mol. The Morgan fingerprint density at radius 3 is 2.39 bits per heavy atom. The number of sulfone groups is 1. The van der Waals surface area contributed by atoms with Crippen LogP contribution in [0.2, 0.25) is 0 Å². The molecule has 1 atom stereocenters. The van der Waals surface area contributed by atoms with Crippen molar-refractivity contribution in [3.63, 3.8) is 0 Å². The number of amides is 1. The number of hydrogen-bond donors (Lipinski definition) is 1. The summed E-state index contributed by atoms with van der Waals surface area (Å²) >= 11 is 1.01. The zero-order valence-corrected chi connectivity index (χ0v) is 21.8. The van der Waals surface area contributed by atoms with Crippen LogP contribution in [0.15, 0.2) is 40.6 Å². The number of rotatable bonds is 7. The van der Waals surface area contributed by atoms with Crippen molar-refractivity contribution in [3.05, 3.63) is 51.7 Å². The highest BCUT2D eigenvalue weighted by atomic mass is 32.2. The van der Waals surface area contributed by atoms with E-state index < -0.39 is 49.9 Å². The second-order valence-corrected chi connectivity index (χ2v) is 13.7. The molecule has 0 unspecified atom stereocenters. The first kappa shape index (κ1) is 28.3. The molecular weight excluding hydrogens is 518 g/mol. The molecule has 1 amide bonds. The molecule has 1 heterocycles. The Morgan fingerprint density at radius 2 is 1.83 bits per heavy atom. The van der Waals surface area contributed by atoms with Crippen LogP contribution in [0.1, 0.15) is 67.3 Å². The first-order valence-corrected chi connectivity index (χ1v) is 13.9. The van der Waals surface area contributed by atoms with E-state index in [1.165, 1.54) is 23.6 Å². The number of alkyl halides is 4. The van der Waals surface area contributed by atoms with Gasteiger partial charge in [0.25, 0.3) is 5.91 Å². The lowest BCUT2D eigenvalue weighted by Gasteiger charge is -2.37. The summed E-state index contributed by atoms with van der Waals surface area (Å²) in [7, 11) is -3.74. The third-order valence-corrected chi connectivity index (χ3v) is 10.2. The lowest BCUT2D eigenvalue weighted by atomic mass is 9.74. The van der Waals surface area contributed by atoms with Gasteiger partial charge in [0.15, 0.2) is 9.84 Å². The van der Waals surface area contributed by atoms with E-state index in [-0.39, 0.29) is 47.4 Å². The van der Waals surface area contributed by atoms with E-state index in [2.05, 4.69) is 5.32 Å². The van der Waals surface area contributed by atoms with E-state index in [0.29, 0.717) is 6.29 Å². The van der Waals surface area contributed by atoms with Gasteiger partial charge in [-0.15, -0.1) is 11.3 Å². The highest BCUT2D eigenvalue weighted by Crippen LogP contribution is 2.40. The summed E-state index contributed by atoms with van der Waals surface area (Å²) in [6.45, 7) is 4.64. The van der Waals surface area contributed by atoms with Gasteiger partial charge in [-0.25, -0.2) is 12.8 Å². The summed E-state index contributed by atoms with van der Waals surface area (Å²) in [5, 5.41) is 4.31. The smallest absolute Gasteiger partial charge is 0.349 e. The van der Waals surface area contributed by atoms with Gasteiger partial charge in [0.2, 0.25) is 0 Å². The number of nitrogens with one attached hydrogen (secondary N) is 1. The van der Waals surface area contributed by atoms with Gasteiger partial charge in [-0.3, -0.25) is 4.79 Å². The Morgan fingerprint density at radius 1 is 1.19 bits per heavy atom. The number of carbonyl (C=O) groups is 2. The predicted molar refractivity (Wildman–Crippen MR) is 130 cm³/mol. The number of thiophene rings is 1. The molecular formula is C25H29F4NO4S2. The molecule has 1 aliphatic carbocycles. The minimum Gasteiger partial charge on any atom is -0.349 e. The molecule has 3 rings (SSSR count). The molecule has 11 heteroatoms. The fourth-order valence-corrected chi connectivity index (χ4v) is 6.84. The van der Waals surface area contributed by atoms with Crippen molar-refractivity contribution >= 4 is 33.4 Å². The summed E-state index contributed by atoms with van der Waals surface area (Å²) in [6, 6.07) is 5.49. The fourth-order valence-electron chi connectivity index (χ4n) is 4.35. The van der Waals surface area contributed by atoms with Crippen molar-refractivity contribution in [2.24, 2.45) is 5.92 Å². The van der Waals surface area contributed by atoms with Crippen LogP contribution in [0.5, 0.6) is 0 Å². The molecule has 0 spiro atoms. The van der Waals surface area contributed by atoms with Crippen molar-refractivity contribution in [2.45, 2.75) is 80.4 Å². The molecule has 1 saturated carbocycles. The van der Waals surface area contributed by atoms with Crippen LogP contribution in [0, 0.1) is 5.92 Å². The molecule has 1 fully saturated rings. The maximum absolute atomic E-state index is 15.7. The topological polar surface area (TPSA) is 80.3 Å².